The first kappa shape index (κ1) is 87.1. The first-order valence-electron chi connectivity index (χ1n) is 36.7. The number of hydrogen-bond donors (Lipinski definition) is 3. The minimum atomic E-state index is -4.95. The van der Waals surface area contributed by atoms with E-state index in [1.54, 1.807) is 0 Å². The molecule has 0 bridgehead atoms. The molecule has 0 aliphatic carbocycles. The van der Waals surface area contributed by atoms with E-state index >= 15 is 0 Å². The summed E-state index contributed by atoms with van der Waals surface area (Å²) >= 11 is 0. The summed E-state index contributed by atoms with van der Waals surface area (Å²) in [6, 6.07) is 0. The lowest BCUT2D eigenvalue weighted by Crippen LogP contribution is -2.30. The van der Waals surface area contributed by atoms with Gasteiger partial charge < -0.3 is 33.8 Å². The quantitative estimate of drug-likeness (QED) is 0.0222. The topological polar surface area (TPSA) is 237 Å². The molecule has 89 heavy (non-hydrogen) atoms. The van der Waals surface area contributed by atoms with Crippen molar-refractivity contribution in [3.8, 4) is 0 Å². The van der Waals surface area contributed by atoms with Gasteiger partial charge >= 0.3 is 39.5 Å². The van der Waals surface area contributed by atoms with Crippen molar-refractivity contribution in [2.24, 2.45) is 5.92 Å². The van der Waals surface area contributed by atoms with Crippen LogP contribution in [0.25, 0.3) is 0 Å². The maximum absolute atomic E-state index is 13.0. The Balaban J connectivity index is 5.22. The summed E-state index contributed by atoms with van der Waals surface area (Å²) in [5, 5.41) is 10.6. The van der Waals surface area contributed by atoms with Crippen LogP contribution in [-0.2, 0) is 65.4 Å². The Hall–Kier alpha value is -1.94. The van der Waals surface area contributed by atoms with Crippen molar-refractivity contribution >= 4 is 39.5 Å². The lowest BCUT2D eigenvalue weighted by molar-refractivity contribution is -0.161. The van der Waals surface area contributed by atoms with Crippen molar-refractivity contribution in [2.75, 3.05) is 39.6 Å². The van der Waals surface area contributed by atoms with E-state index in [2.05, 4.69) is 34.6 Å². The van der Waals surface area contributed by atoms with E-state index < -0.39 is 97.5 Å². The number of ether oxygens (including phenoxy) is 4. The van der Waals surface area contributed by atoms with Crippen molar-refractivity contribution < 1.29 is 80.2 Å². The van der Waals surface area contributed by atoms with E-state index in [0.717, 1.165) is 102 Å². The number of aliphatic hydroxyl groups is 1. The number of carbonyl (C=O) groups excluding carboxylic acids is 4. The van der Waals surface area contributed by atoms with E-state index in [1.165, 1.54) is 180 Å². The number of hydrogen-bond acceptors (Lipinski definition) is 15. The summed E-state index contributed by atoms with van der Waals surface area (Å²) in [5.41, 5.74) is 0. The zero-order valence-electron chi connectivity index (χ0n) is 57.6. The van der Waals surface area contributed by atoms with Gasteiger partial charge in [-0.25, -0.2) is 9.13 Å². The Morgan fingerprint density at radius 1 is 0.315 bits per heavy atom. The molecule has 0 heterocycles. The second-order valence-corrected chi connectivity index (χ2v) is 28.4. The van der Waals surface area contributed by atoms with E-state index in [4.69, 9.17) is 37.0 Å². The monoisotopic (exact) mass is 1310 g/mol. The van der Waals surface area contributed by atoms with Crippen LogP contribution in [0.1, 0.15) is 362 Å². The molecule has 528 valence electrons. The molecule has 3 N–H and O–H groups in total. The molecule has 0 amide bonds. The van der Waals surface area contributed by atoms with Crippen LogP contribution in [0.3, 0.4) is 0 Å². The molecule has 3 unspecified atom stereocenters. The summed E-state index contributed by atoms with van der Waals surface area (Å²) in [5.74, 6) is -1.39. The molecule has 19 heteroatoms. The number of aliphatic hydroxyl groups excluding tert-OH is 1. The summed E-state index contributed by atoms with van der Waals surface area (Å²) in [6.45, 7) is 7.20. The van der Waals surface area contributed by atoms with Crippen molar-refractivity contribution in [2.45, 2.75) is 380 Å². The van der Waals surface area contributed by atoms with Crippen LogP contribution in [0, 0.1) is 5.92 Å². The highest BCUT2D eigenvalue weighted by Gasteiger charge is 2.30. The van der Waals surface area contributed by atoms with Crippen molar-refractivity contribution in [3.63, 3.8) is 0 Å². The molecular formula is C70H136O17P2. The number of rotatable bonds is 70. The van der Waals surface area contributed by atoms with Gasteiger partial charge in [0.2, 0.25) is 0 Å². The molecular weight excluding hydrogens is 1170 g/mol. The van der Waals surface area contributed by atoms with Gasteiger partial charge in [0.25, 0.3) is 0 Å². The Labute approximate surface area is 543 Å². The first-order chi connectivity index (χ1) is 43.1. The highest BCUT2D eigenvalue weighted by atomic mass is 31.2. The average Bonchev–Trinajstić information content (AvgIpc) is 3.63. The van der Waals surface area contributed by atoms with Crippen LogP contribution in [0.5, 0.6) is 0 Å². The minimum absolute atomic E-state index is 0.106. The van der Waals surface area contributed by atoms with Gasteiger partial charge in [-0.3, -0.25) is 37.3 Å². The third-order valence-corrected chi connectivity index (χ3v) is 18.5. The van der Waals surface area contributed by atoms with Crippen molar-refractivity contribution in [3.05, 3.63) is 0 Å². The second-order valence-electron chi connectivity index (χ2n) is 25.5. The van der Waals surface area contributed by atoms with Crippen molar-refractivity contribution in [1.29, 1.82) is 0 Å². The molecule has 0 aliphatic rings. The van der Waals surface area contributed by atoms with Gasteiger partial charge in [0.15, 0.2) is 12.2 Å². The smallest absolute Gasteiger partial charge is 0.462 e. The van der Waals surface area contributed by atoms with Gasteiger partial charge in [-0.2, -0.15) is 0 Å². The minimum Gasteiger partial charge on any atom is -0.462 e. The molecule has 0 fully saturated rings. The zero-order valence-corrected chi connectivity index (χ0v) is 59.4. The van der Waals surface area contributed by atoms with Crippen molar-refractivity contribution in [1.82, 2.24) is 0 Å². The fourth-order valence-corrected chi connectivity index (χ4v) is 12.2. The fourth-order valence-electron chi connectivity index (χ4n) is 10.6. The molecule has 0 spiro atoms. The Kier molecular flexibility index (Phi) is 62.1. The lowest BCUT2D eigenvalue weighted by atomic mass is 10.00. The Morgan fingerprint density at radius 3 is 0.798 bits per heavy atom. The molecule has 0 saturated carbocycles. The SMILES string of the molecule is CCCCCCCCCCCCCCCCCCCC(=O)O[C@H](COC(=O)CCCCCCCCCCCCC)COP(=O)(O)OC[C@@H](O)COP(=O)(O)OC[C@@H](COC(=O)CCCCCCCCC(C)CC)OC(=O)CCCCCCCCCCCCC. The van der Waals surface area contributed by atoms with Gasteiger partial charge in [-0.1, -0.05) is 311 Å². The molecule has 0 saturated heterocycles. The standard InChI is InChI=1S/C70H136O17P2/c1-6-10-13-16-19-22-25-26-27-28-29-30-33-36-39-46-51-56-70(75)86-65(59-80-67(72)53-48-43-37-34-31-23-20-17-14-11-7-2)61-84-88(76,77)82-57-64(71)58-83-89(78,79)85-62-66(60-81-68(73)54-49-44-41-40-42-47-52-63(5)9-4)87-69(74)55-50-45-38-35-32-24-21-18-15-12-8-3/h63-66,71H,6-62H2,1-5H3,(H,76,77)(H,78,79)/t63?,64-,65-,66-/m1/s1. The van der Waals surface area contributed by atoms with Gasteiger partial charge in [0.1, 0.15) is 19.3 Å². The summed E-state index contributed by atoms with van der Waals surface area (Å²) in [6.07, 6.45) is 49.9. The zero-order chi connectivity index (χ0) is 65.6. The molecule has 0 aromatic rings. The highest BCUT2D eigenvalue weighted by Crippen LogP contribution is 2.45. The number of esters is 4. The van der Waals surface area contributed by atoms with E-state index in [9.17, 15) is 43.2 Å². The van der Waals surface area contributed by atoms with Gasteiger partial charge in [0.05, 0.1) is 26.4 Å². The largest absolute Gasteiger partial charge is 0.472 e. The predicted octanol–water partition coefficient (Wildman–Crippen LogP) is 20.1. The summed E-state index contributed by atoms with van der Waals surface area (Å²) < 4.78 is 68.3. The fraction of sp³-hybridized carbons (Fsp3) is 0.943. The normalized spacial score (nSPS) is 14.4. The summed E-state index contributed by atoms with van der Waals surface area (Å²) in [4.78, 5) is 72.5. The molecule has 0 rings (SSSR count). The van der Waals surface area contributed by atoms with Crippen LogP contribution in [0.15, 0.2) is 0 Å². The average molecular weight is 1310 g/mol. The molecule has 0 aromatic carbocycles. The van der Waals surface area contributed by atoms with E-state index in [-0.39, 0.29) is 25.7 Å². The maximum atomic E-state index is 13.0. The molecule has 17 nitrogen and oxygen atoms in total. The van der Waals surface area contributed by atoms with E-state index in [1.807, 2.05) is 0 Å². The molecule has 0 radical (unpaired) electrons. The predicted molar refractivity (Wildman–Crippen MR) is 358 cm³/mol. The lowest BCUT2D eigenvalue weighted by Gasteiger charge is -2.21. The third kappa shape index (κ3) is 63.2. The number of phosphoric ester groups is 2. The first-order valence-corrected chi connectivity index (χ1v) is 39.7. The summed E-state index contributed by atoms with van der Waals surface area (Å²) in [7, 11) is -9.90. The molecule has 0 aliphatic heterocycles. The molecule has 6 atom stereocenters. The van der Waals surface area contributed by atoms with Crippen LogP contribution >= 0.6 is 15.6 Å². The number of carbonyl (C=O) groups is 4. The number of unbranched alkanes of at least 4 members (excludes halogenated alkanes) is 41. The molecule has 0 aromatic heterocycles. The van der Waals surface area contributed by atoms with Crippen LogP contribution < -0.4 is 0 Å². The van der Waals surface area contributed by atoms with Crippen LogP contribution in [0.2, 0.25) is 0 Å². The highest BCUT2D eigenvalue weighted by molar-refractivity contribution is 7.47. The third-order valence-electron chi connectivity index (χ3n) is 16.6. The van der Waals surface area contributed by atoms with Gasteiger partial charge in [-0.15, -0.1) is 0 Å². The second kappa shape index (κ2) is 63.5. The van der Waals surface area contributed by atoms with E-state index in [0.29, 0.717) is 25.7 Å². The van der Waals surface area contributed by atoms with Gasteiger partial charge in [-0.05, 0) is 31.6 Å². The maximum Gasteiger partial charge on any atom is 0.472 e. The Morgan fingerprint density at radius 2 is 0.539 bits per heavy atom. The van der Waals surface area contributed by atoms with Crippen LogP contribution in [-0.4, -0.2) is 96.7 Å². The van der Waals surface area contributed by atoms with Crippen LogP contribution in [0.4, 0.5) is 0 Å². The van der Waals surface area contributed by atoms with Gasteiger partial charge in [0, 0.05) is 25.7 Å². The number of phosphoric acid groups is 2. The Bertz CT molecular complexity index is 1720.